The van der Waals surface area contributed by atoms with E-state index in [4.69, 9.17) is 18.9 Å². The molecule has 0 aromatic heterocycles. The molecule has 4 rings (SSSR count). The molecule has 39 heavy (non-hydrogen) atoms. The zero-order valence-corrected chi connectivity index (χ0v) is 23.5. The molecule has 0 unspecified atom stereocenters. The summed E-state index contributed by atoms with van der Waals surface area (Å²) in [5.41, 5.74) is 1.55. The number of methoxy groups -OCH3 is 2. The summed E-state index contributed by atoms with van der Waals surface area (Å²) in [5.74, 6) is 1.87. The summed E-state index contributed by atoms with van der Waals surface area (Å²) in [6, 6.07) is 13.1. The SMILES string of the molecule is COc1ccc(CCC(=O)N2C[C@H]3OCCCCCCCCN(C)C(=O)c4ccccc4O[C@@H]3C2)cc1OC. The summed E-state index contributed by atoms with van der Waals surface area (Å²) >= 11 is 0. The number of rotatable bonds is 5. The van der Waals surface area contributed by atoms with Gasteiger partial charge in [-0.25, -0.2) is 0 Å². The van der Waals surface area contributed by atoms with Gasteiger partial charge in [0.25, 0.3) is 5.91 Å². The number of nitrogens with zero attached hydrogens (tertiary/aromatic N) is 2. The second kappa shape index (κ2) is 14.2. The van der Waals surface area contributed by atoms with Gasteiger partial charge >= 0.3 is 0 Å². The van der Waals surface area contributed by atoms with Gasteiger partial charge in [0.15, 0.2) is 11.5 Å². The molecule has 0 bridgehead atoms. The summed E-state index contributed by atoms with van der Waals surface area (Å²) < 4.78 is 23.4. The number of carbonyl (C=O) groups excluding carboxylic acids is 2. The van der Waals surface area contributed by atoms with Gasteiger partial charge < -0.3 is 28.7 Å². The van der Waals surface area contributed by atoms with E-state index in [2.05, 4.69) is 0 Å². The normalized spacial score (nSPS) is 21.1. The molecule has 1 fully saturated rings. The van der Waals surface area contributed by atoms with Crippen LogP contribution in [0, 0.1) is 0 Å². The van der Waals surface area contributed by atoms with Crippen molar-refractivity contribution in [3.05, 3.63) is 53.6 Å². The second-order valence-electron chi connectivity index (χ2n) is 10.4. The van der Waals surface area contributed by atoms with Crippen molar-refractivity contribution >= 4 is 11.8 Å². The van der Waals surface area contributed by atoms with Crippen molar-refractivity contribution in [3.63, 3.8) is 0 Å². The number of likely N-dealkylation sites (tertiary alicyclic amines) is 1. The lowest BCUT2D eigenvalue weighted by Crippen LogP contribution is -2.34. The third-order valence-electron chi connectivity index (χ3n) is 7.61. The molecule has 2 aliphatic heterocycles. The Labute approximate surface area is 232 Å². The molecule has 2 aromatic carbocycles. The molecule has 0 saturated carbocycles. The first-order chi connectivity index (χ1) is 19.0. The molecule has 0 N–H and O–H groups in total. The van der Waals surface area contributed by atoms with Crippen LogP contribution in [0.15, 0.2) is 42.5 Å². The second-order valence-corrected chi connectivity index (χ2v) is 10.4. The lowest BCUT2D eigenvalue weighted by atomic mass is 10.1. The van der Waals surface area contributed by atoms with Crippen molar-refractivity contribution in [1.82, 2.24) is 9.80 Å². The lowest BCUT2D eigenvalue weighted by molar-refractivity contribution is -0.130. The van der Waals surface area contributed by atoms with Crippen LogP contribution in [0.2, 0.25) is 0 Å². The fraction of sp³-hybridized carbons (Fsp3) is 0.548. The number of amides is 2. The number of fused-ring (bicyclic) bond motifs is 2. The molecule has 0 spiro atoms. The maximum Gasteiger partial charge on any atom is 0.257 e. The third kappa shape index (κ3) is 7.66. The fourth-order valence-corrected chi connectivity index (χ4v) is 5.28. The third-order valence-corrected chi connectivity index (χ3v) is 7.61. The highest BCUT2D eigenvalue weighted by Gasteiger charge is 2.38. The molecular formula is C31H42N2O6. The van der Waals surface area contributed by atoms with E-state index < -0.39 is 0 Å². The molecule has 1 saturated heterocycles. The zero-order chi connectivity index (χ0) is 27.6. The molecule has 2 amide bonds. The molecule has 0 aliphatic carbocycles. The maximum absolute atomic E-state index is 13.3. The van der Waals surface area contributed by atoms with Crippen molar-refractivity contribution in [2.45, 2.75) is 63.6 Å². The van der Waals surface area contributed by atoms with Gasteiger partial charge in [0.05, 0.1) is 32.9 Å². The van der Waals surface area contributed by atoms with Crippen LogP contribution in [0.5, 0.6) is 17.2 Å². The van der Waals surface area contributed by atoms with E-state index in [9.17, 15) is 9.59 Å². The highest BCUT2D eigenvalue weighted by atomic mass is 16.5. The van der Waals surface area contributed by atoms with E-state index in [-0.39, 0.29) is 24.0 Å². The van der Waals surface area contributed by atoms with Crippen LogP contribution in [0.1, 0.15) is 60.9 Å². The summed E-state index contributed by atoms with van der Waals surface area (Å²) in [5, 5.41) is 0. The van der Waals surface area contributed by atoms with Crippen LogP contribution >= 0.6 is 0 Å². The fourth-order valence-electron chi connectivity index (χ4n) is 5.28. The van der Waals surface area contributed by atoms with Crippen molar-refractivity contribution in [2.24, 2.45) is 0 Å². The van der Waals surface area contributed by atoms with Gasteiger partial charge in [-0.3, -0.25) is 9.59 Å². The first-order valence-corrected chi connectivity index (χ1v) is 14.1. The Balaban J connectivity index is 1.46. The minimum atomic E-state index is -0.345. The maximum atomic E-state index is 13.3. The summed E-state index contributed by atoms with van der Waals surface area (Å²) in [4.78, 5) is 30.1. The Bertz CT molecular complexity index is 1110. The van der Waals surface area contributed by atoms with Crippen LogP contribution < -0.4 is 14.2 Å². The molecule has 2 heterocycles. The number of hydrogen-bond acceptors (Lipinski definition) is 6. The number of benzene rings is 2. The standard InChI is InChI=1S/C31H42N2O6/c1-32-18-10-6-4-5-7-11-19-38-28-21-33(22-29(28)39-25-13-9-8-12-24(25)31(32)35)30(34)17-15-23-14-16-26(36-2)27(20-23)37-3/h8-9,12-14,16,20,28-29H,4-7,10-11,15,17-19,21-22H2,1-3H3/t28-,29-/m1/s1. The molecule has 8 nitrogen and oxygen atoms in total. The van der Waals surface area contributed by atoms with Crippen LogP contribution in [0.25, 0.3) is 0 Å². The van der Waals surface area contributed by atoms with Crippen molar-refractivity contribution in [1.29, 1.82) is 0 Å². The van der Waals surface area contributed by atoms with Gasteiger partial charge in [0, 0.05) is 26.6 Å². The lowest BCUT2D eigenvalue weighted by Gasteiger charge is -2.24. The smallest absolute Gasteiger partial charge is 0.257 e. The quantitative estimate of drug-likeness (QED) is 0.548. The van der Waals surface area contributed by atoms with Gasteiger partial charge in [0.1, 0.15) is 18.0 Å². The molecule has 2 aliphatic rings. The topological polar surface area (TPSA) is 77.5 Å². The monoisotopic (exact) mass is 538 g/mol. The van der Waals surface area contributed by atoms with E-state index in [1.807, 2.05) is 54.4 Å². The number of aryl methyl sites for hydroxylation is 1. The number of hydrogen-bond donors (Lipinski definition) is 0. The Morgan fingerprint density at radius 3 is 2.44 bits per heavy atom. The van der Waals surface area contributed by atoms with Gasteiger partial charge in [0.2, 0.25) is 5.91 Å². The predicted octanol–water partition coefficient (Wildman–Crippen LogP) is 4.74. The Hall–Kier alpha value is -3.26. The summed E-state index contributed by atoms with van der Waals surface area (Å²) in [6.45, 7) is 2.27. The molecule has 2 aromatic rings. The Morgan fingerprint density at radius 2 is 1.64 bits per heavy atom. The summed E-state index contributed by atoms with van der Waals surface area (Å²) in [6.07, 6.45) is 6.91. The van der Waals surface area contributed by atoms with E-state index in [0.29, 0.717) is 55.4 Å². The largest absolute Gasteiger partial charge is 0.493 e. The van der Waals surface area contributed by atoms with Crippen LogP contribution in [-0.2, 0) is 16.0 Å². The molecular weight excluding hydrogens is 496 g/mol. The highest BCUT2D eigenvalue weighted by molar-refractivity contribution is 5.96. The van der Waals surface area contributed by atoms with Crippen LogP contribution in [0.4, 0.5) is 0 Å². The average Bonchev–Trinajstić information content (AvgIpc) is 3.36. The Morgan fingerprint density at radius 1 is 0.923 bits per heavy atom. The minimum absolute atomic E-state index is 0.0454. The van der Waals surface area contributed by atoms with Crippen LogP contribution in [0.3, 0.4) is 0 Å². The van der Waals surface area contributed by atoms with Gasteiger partial charge in [-0.05, 0) is 49.1 Å². The predicted molar refractivity (Wildman–Crippen MR) is 150 cm³/mol. The van der Waals surface area contributed by atoms with Crippen molar-refractivity contribution in [3.8, 4) is 17.2 Å². The van der Waals surface area contributed by atoms with Gasteiger partial charge in [-0.1, -0.05) is 43.9 Å². The average molecular weight is 539 g/mol. The van der Waals surface area contributed by atoms with E-state index in [0.717, 1.165) is 50.6 Å². The molecule has 0 radical (unpaired) electrons. The Kier molecular flexibility index (Phi) is 10.5. The first kappa shape index (κ1) is 28.7. The minimum Gasteiger partial charge on any atom is -0.493 e. The van der Waals surface area contributed by atoms with E-state index >= 15 is 0 Å². The molecule has 2 atom stereocenters. The van der Waals surface area contributed by atoms with Crippen molar-refractivity contribution in [2.75, 3.05) is 47.5 Å². The molecule has 212 valence electrons. The summed E-state index contributed by atoms with van der Waals surface area (Å²) in [7, 11) is 5.06. The first-order valence-electron chi connectivity index (χ1n) is 14.1. The highest BCUT2D eigenvalue weighted by Crippen LogP contribution is 2.29. The molecule has 8 heteroatoms. The number of carbonyl (C=O) groups is 2. The van der Waals surface area contributed by atoms with E-state index in [1.165, 1.54) is 0 Å². The van der Waals surface area contributed by atoms with Gasteiger partial charge in [-0.15, -0.1) is 0 Å². The number of para-hydroxylation sites is 1. The number of ether oxygens (including phenoxy) is 4. The van der Waals surface area contributed by atoms with E-state index in [1.54, 1.807) is 19.1 Å². The van der Waals surface area contributed by atoms with Crippen molar-refractivity contribution < 1.29 is 28.5 Å². The van der Waals surface area contributed by atoms with Gasteiger partial charge in [-0.2, -0.15) is 0 Å². The zero-order valence-electron chi connectivity index (χ0n) is 23.5. The van der Waals surface area contributed by atoms with Crippen LogP contribution in [-0.4, -0.2) is 81.3 Å².